The predicted octanol–water partition coefficient (Wildman–Crippen LogP) is 16.6. The van der Waals surface area contributed by atoms with Crippen molar-refractivity contribution >= 4 is 31.9 Å². The van der Waals surface area contributed by atoms with E-state index in [-0.39, 0.29) is 42.1 Å². The summed E-state index contributed by atoms with van der Waals surface area (Å²) in [6, 6.07) is 18.1. The number of halogens is 1. The smallest absolute Gasteiger partial charge is 0.272 e. The van der Waals surface area contributed by atoms with Crippen molar-refractivity contribution < 1.29 is 56.9 Å². The number of nitrogens with zero attached hydrogens (tertiary/aromatic N) is 3. The van der Waals surface area contributed by atoms with Crippen molar-refractivity contribution in [1.29, 1.82) is 0 Å². The van der Waals surface area contributed by atoms with Gasteiger partial charge >= 0.3 is 0 Å². The van der Waals surface area contributed by atoms with E-state index in [1.807, 2.05) is 113 Å². The summed E-state index contributed by atoms with van der Waals surface area (Å²) in [7, 11) is -1.94. The van der Waals surface area contributed by atoms with E-state index in [2.05, 4.69) is 72.4 Å². The van der Waals surface area contributed by atoms with E-state index in [4.69, 9.17) is 28.1 Å². The van der Waals surface area contributed by atoms with Crippen molar-refractivity contribution in [2.75, 3.05) is 52.7 Å². The standard InChI is InChI=1S/C30H44N2O5Si.C24H30N2O5.C8H18FN.C8H18.C4H8O/c1-19-14-20(2)16-22(15-19)28(34)32(29(4,5)6)31-27(33)24-12-13-25-26(21(24)3)37-23(17-35-25)18-36-38(10,11)30(7,8)9;1-14-9-15(2)11-17(10-14)23(29)26(24(4,5)6)25-22(28)19-7-8-20-21(16(19)3)31-18(12-27)13-30-20;1-3-5-7-10(9)8-6-4-2;1-3-5-7-8-6-4-2;1-2-4-5-3-1/h12-16,23H,17-18H2,1-11H3,(H,31,33);7-11,18,27H,12-13H2,1-6H3,(H,25,28);3-8H2,1-2H3;3-8H2,1-2H3;1-4H2/t23-;18-;;;/m10.../s1. The van der Waals surface area contributed by atoms with Gasteiger partial charge in [-0.25, -0.2) is 10.0 Å². The molecule has 516 valence electrons. The Balaban J connectivity index is 0.000000360. The topological polar surface area (TPSA) is 178 Å². The summed E-state index contributed by atoms with van der Waals surface area (Å²) in [5.41, 5.74) is 11.3. The largest absolute Gasteiger partial charge is 0.486 e. The molecule has 18 heteroatoms. The number of carbonyl (C=O) groups is 4. The molecule has 0 spiro atoms. The van der Waals surface area contributed by atoms with Crippen molar-refractivity contribution in [3.8, 4) is 23.0 Å². The van der Waals surface area contributed by atoms with E-state index in [1.54, 1.807) is 31.2 Å². The lowest BCUT2D eigenvalue weighted by molar-refractivity contribution is 0.0227. The average Bonchev–Trinajstić information content (AvgIpc) is 0.837. The number of aliphatic hydroxyl groups is 1. The maximum atomic E-state index is 13.5. The fourth-order valence-electron chi connectivity index (χ4n) is 9.76. The molecular weight excluding hydrogens is 1180 g/mol. The molecule has 4 aromatic carbocycles. The molecule has 1 saturated heterocycles. The van der Waals surface area contributed by atoms with Crippen LogP contribution in [0.1, 0.15) is 242 Å². The fourth-order valence-corrected chi connectivity index (χ4v) is 10.8. The first kappa shape index (κ1) is 80.2. The Bertz CT molecular complexity index is 2890. The van der Waals surface area contributed by atoms with Crippen molar-refractivity contribution in [1.82, 2.24) is 26.0 Å². The van der Waals surface area contributed by atoms with Crippen LogP contribution in [0.15, 0.2) is 60.7 Å². The Morgan fingerprint density at radius 3 is 1.26 bits per heavy atom. The summed E-state index contributed by atoms with van der Waals surface area (Å²) in [4.78, 5) is 53.5. The van der Waals surface area contributed by atoms with Gasteiger partial charge in [-0.15, -0.1) is 9.60 Å². The van der Waals surface area contributed by atoms with Crippen LogP contribution in [0.3, 0.4) is 0 Å². The number of hydrogen-bond donors (Lipinski definition) is 3. The molecule has 2 atom stereocenters. The van der Waals surface area contributed by atoms with E-state index in [9.17, 15) is 28.8 Å². The molecule has 7 rings (SSSR count). The number of benzene rings is 4. The highest BCUT2D eigenvalue weighted by molar-refractivity contribution is 6.74. The van der Waals surface area contributed by atoms with E-state index in [1.165, 1.54) is 61.4 Å². The average molecular weight is 1300 g/mol. The van der Waals surface area contributed by atoms with Crippen LogP contribution in [0.5, 0.6) is 23.0 Å². The van der Waals surface area contributed by atoms with E-state index in [0.717, 1.165) is 66.3 Å². The summed E-state index contributed by atoms with van der Waals surface area (Å²) in [6.45, 7) is 46.4. The Hall–Kier alpha value is -6.05. The third-order valence-electron chi connectivity index (χ3n) is 16.2. The molecule has 92 heavy (non-hydrogen) atoms. The Morgan fingerprint density at radius 2 is 0.935 bits per heavy atom. The van der Waals surface area contributed by atoms with Crippen molar-refractivity contribution in [2.45, 2.75) is 250 Å². The Morgan fingerprint density at radius 1 is 0.565 bits per heavy atom. The van der Waals surface area contributed by atoms with Gasteiger partial charge in [-0.2, -0.15) is 0 Å². The van der Waals surface area contributed by atoms with Crippen LogP contribution in [-0.4, -0.2) is 128 Å². The molecule has 3 aliphatic heterocycles. The van der Waals surface area contributed by atoms with Crippen molar-refractivity contribution in [2.24, 2.45) is 0 Å². The Labute approximate surface area is 554 Å². The molecule has 0 saturated carbocycles. The molecule has 0 aliphatic carbocycles. The van der Waals surface area contributed by atoms with E-state index < -0.39 is 31.4 Å². The van der Waals surface area contributed by atoms with Gasteiger partial charge < -0.3 is 33.2 Å². The number of unbranched alkanes of at least 4 members (excludes halogenated alkanes) is 7. The summed E-state index contributed by atoms with van der Waals surface area (Å²) in [5.74, 6) is 0.721. The van der Waals surface area contributed by atoms with Gasteiger partial charge in [0.15, 0.2) is 43.5 Å². The van der Waals surface area contributed by atoms with Crippen LogP contribution >= 0.6 is 0 Å². The quantitative estimate of drug-likeness (QED) is 0.0351. The number of carbonyl (C=O) groups excluding carboxylic acids is 4. The Kier molecular flexibility index (Phi) is 33.4. The second kappa shape index (κ2) is 38.3. The number of fused-ring (bicyclic) bond motifs is 2. The van der Waals surface area contributed by atoms with Crippen LogP contribution in [0.25, 0.3) is 0 Å². The SMILES string of the molecule is C1CCOC1.CCCCCCCC.CCCCN(F)CCCC.Cc1cc(C)cc(C(=O)N(NC(=O)c2ccc3c(c2C)O[C@@H](CO)CO3)C(C)(C)C)c1.Cc1cc(C)cc(C(=O)N(NC(=O)c2ccc3c(c2C)O[C@@H](CO[Si](C)(C)C(C)(C)C)CO3)C(C)(C)C)c1. The number of amides is 4. The van der Waals surface area contributed by atoms with Crippen LogP contribution in [0.4, 0.5) is 4.48 Å². The van der Waals surface area contributed by atoms with Crippen LogP contribution in [0, 0.1) is 41.5 Å². The molecule has 0 aromatic heterocycles. The minimum atomic E-state index is -1.94. The zero-order valence-corrected chi connectivity index (χ0v) is 61.3. The van der Waals surface area contributed by atoms with Crippen molar-refractivity contribution in [3.05, 3.63) is 116 Å². The molecule has 4 amide bonds. The molecule has 4 aromatic rings. The molecule has 3 N–H and O–H groups in total. The number of hydrogen-bond acceptors (Lipinski definition) is 12. The molecule has 0 bridgehead atoms. The first-order valence-electron chi connectivity index (χ1n) is 33.7. The summed E-state index contributed by atoms with van der Waals surface area (Å²) in [5, 5.41) is 13.1. The normalized spacial score (nSPS) is 15.0. The third-order valence-corrected chi connectivity index (χ3v) is 20.7. The molecule has 3 heterocycles. The predicted molar refractivity (Wildman–Crippen MR) is 373 cm³/mol. The number of rotatable bonds is 19. The van der Waals surface area contributed by atoms with Gasteiger partial charge in [0.25, 0.3) is 23.6 Å². The zero-order valence-electron chi connectivity index (χ0n) is 60.3. The molecule has 0 radical (unpaired) electrons. The second-order valence-electron chi connectivity index (χ2n) is 28.1. The number of ether oxygens (including phenoxy) is 5. The number of aryl methyl sites for hydroxylation is 4. The fraction of sp³-hybridized carbons (Fsp3) is 0.622. The molecule has 3 aliphatic rings. The lowest BCUT2D eigenvalue weighted by atomic mass is 10.0. The first-order valence-corrected chi connectivity index (χ1v) is 36.6. The summed E-state index contributed by atoms with van der Waals surface area (Å²) >= 11 is 0. The minimum absolute atomic E-state index is 0.0924. The zero-order chi connectivity index (χ0) is 69.1. The molecule has 16 nitrogen and oxygen atoms in total. The van der Waals surface area contributed by atoms with E-state index in [0.29, 0.717) is 82.7 Å². The maximum Gasteiger partial charge on any atom is 0.272 e. The van der Waals surface area contributed by atoms with Gasteiger partial charge in [0.2, 0.25) is 0 Å². The van der Waals surface area contributed by atoms with E-state index >= 15 is 0 Å². The van der Waals surface area contributed by atoms with Crippen LogP contribution < -0.4 is 29.8 Å². The molecule has 1 fully saturated rings. The van der Waals surface area contributed by atoms with Gasteiger partial charge in [-0.1, -0.05) is 134 Å². The van der Waals surface area contributed by atoms with Crippen LogP contribution in [0.2, 0.25) is 18.1 Å². The van der Waals surface area contributed by atoms with Gasteiger partial charge in [-0.05, 0) is 175 Å². The monoisotopic (exact) mass is 1300 g/mol. The lowest BCUT2D eigenvalue weighted by Gasteiger charge is -2.38. The van der Waals surface area contributed by atoms with Crippen molar-refractivity contribution in [3.63, 3.8) is 0 Å². The number of hydrazine groups is 2. The summed E-state index contributed by atoms with van der Waals surface area (Å²) < 4.78 is 47.6. The maximum absolute atomic E-state index is 13.5. The highest BCUT2D eigenvalue weighted by Crippen LogP contribution is 2.40. The third kappa shape index (κ3) is 26.0. The van der Waals surface area contributed by atoms with Gasteiger partial charge in [0.05, 0.1) is 24.3 Å². The molecular formula is C74H118FN5O11Si. The second-order valence-corrected chi connectivity index (χ2v) is 32.9. The highest BCUT2D eigenvalue weighted by atomic mass is 28.4. The summed E-state index contributed by atoms with van der Waals surface area (Å²) in [6.07, 6.45) is 14.4. The van der Waals surface area contributed by atoms with Gasteiger partial charge in [-0.3, -0.25) is 30.0 Å². The number of nitrogens with one attached hydrogen (secondary N) is 2. The first-order chi connectivity index (χ1) is 43.1. The lowest BCUT2D eigenvalue weighted by Crippen LogP contribution is -2.56. The van der Waals surface area contributed by atoms with Crippen LogP contribution in [-0.2, 0) is 9.16 Å². The highest BCUT2D eigenvalue weighted by Gasteiger charge is 2.39. The minimum Gasteiger partial charge on any atom is -0.486 e. The van der Waals surface area contributed by atoms with Gasteiger partial charge in [0.1, 0.15) is 13.2 Å². The van der Waals surface area contributed by atoms with Gasteiger partial charge in [0, 0.05) is 59.7 Å². The number of aliphatic hydroxyl groups excluding tert-OH is 1. The molecule has 0 unspecified atom stereocenters.